The van der Waals surface area contributed by atoms with Crippen LogP contribution in [0.2, 0.25) is 0 Å². The van der Waals surface area contributed by atoms with Crippen LogP contribution in [0.5, 0.6) is 5.88 Å². The Morgan fingerprint density at radius 1 is 1.45 bits per heavy atom. The summed E-state index contributed by atoms with van der Waals surface area (Å²) in [5.74, 6) is -0.285. The molecule has 0 saturated carbocycles. The van der Waals surface area contributed by atoms with Gasteiger partial charge in [0.25, 0.3) is 0 Å². The van der Waals surface area contributed by atoms with E-state index in [1.807, 2.05) is 19.1 Å². The van der Waals surface area contributed by atoms with Crippen molar-refractivity contribution in [1.29, 1.82) is 0 Å². The lowest BCUT2D eigenvalue weighted by atomic mass is 10.2. The Hall–Kier alpha value is -1.92. The second-order valence-corrected chi connectivity index (χ2v) is 5.56. The lowest BCUT2D eigenvalue weighted by Gasteiger charge is -2.06. The molecule has 0 unspecified atom stereocenters. The summed E-state index contributed by atoms with van der Waals surface area (Å²) in [6, 6.07) is 5.51. The smallest absolute Gasteiger partial charge is 0.345 e. The van der Waals surface area contributed by atoms with Crippen LogP contribution in [0.1, 0.15) is 25.7 Å². The average molecular weight is 292 g/mol. The topological polar surface area (TPSA) is 71.5 Å². The minimum atomic E-state index is -0.872. The fraction of sp³-hybridized carbons (Fsp3) is 0.286. The maximum absolute atomic E-state index is 10.9. The standard InChI is InChI=1S/C14H16N2O3S/c1-9-11(6-12(20-9)14(17)18)8-15-7-10-3-4-16-13(5-10)19-2/h3-6,15H,7-8H2,1-2H3,(H,17,18). The molecule has 0 atom stereocenters. The van der Waals surface area contributed by atoms with Gasteiger partial charge >= 0.3 is 5.97 Å². The van der Waals surface area contributed by atoms with Crippen LogP contribution in [-0.2, 0) is 13.1 Å². The lowest BCUT2D eigenvalue weighted by Crippen LogP contribution is -2.13. The number of carbonyl (C=O) groups is 1. The van der Waals surface area contributed by atoms with Gasteiger partial charge in [0.15, 0.2) is 0 Å². The number of thiophene rings is 1. The number of nitrogens with one attached hydrogen (secondary N) is 1. The summed E-state index contributed by atoms with van der Waals surface area (Å²) in [5.41, 5.74) is 2.09. The van der Waals surface area contributed by atoms with Crippen molar-refractivity contribution in [2.75, 3.05) is 7.11 Å². The van der Waals surface area contributed by atoms with Crippen molar-refractivity contribution >= 4 is 17.3 Å². The predicted octanol–water partition coefficient (Wildman–Crippen LogP) is 2.45. The Morgan fingerprint density at radius 3 is 2.90 bits per heavy atom. The maximum atomic E-state index is 10.9. The van der Waals surface area contributed by atoms with Gasteiger partial charge in [-0.3, -0.25) is 0 Å². The zero-order valence-electron chi connectivity index (χ0n) is 11.3. The number of hydrogen-bond donors (Lipinski definition) is 2. The highest BCUT2D eigenvalue weighted by Gasteiger charge is 2.10. The molecule has 106 valence electrons. The van der Waals surface area contributed by atoms with Crippen LogP contribution in [0.15, 0.2) is 24.4 Å². The first-order chi connectivity index (χ1) is 9.60. The molecule has 20 heavy (non-hydrogen) atoms. The van der Waals surface area contributed by atoms with Crippen LogP contribution in [0.3, 0.4) is 0 Å². The largest absolute Gasteiger partial charge is 0.481 e. The zero-order valence-corrected chi connectivity index (χ0v) is 12.2. The number of carboxylic acids is 1. The number of methoxy groups -OCH3 is 1. The number of nitrogens with zero attached hydrogens (tertiary/aromatic N) is 1. The van der Waals surface area contributed by atoms with Crippen LogP contribution < -0.4 is 10.1 Å². The van der Waals surface area contributed by atoms with E-state index >= 15 is 0 Å². The van der Waals surface area contributed by atoms with Gasteiger partial charge in [-0.2, -0.15) is 0 Å². The summed E-state index contributed by atoms with van der Waals surface area (Å²) < 4.78 is 5.07. The Morgan fingerprint density at radius 2 is 2.25 bits per heavy atom. The fourth-order valence-corrected chi connectivity index (χ4v) is 2.69. The van der Waals surface area contributed by atoms with E-state index in [0.717, 1.165) is 16.0 Å². The van der Waals surface area contributed by atoms with Gasteiger partial charge in [0.05, 0.1) is 7.11 Å². The molecule has 0 aromatic carbocycles. The summed E-state index contributed by atoms with van der Waals surface area (Å²) >= 11 is 1.31. The minimum absolute atomic E-state index is 0.380. The highest BCUT2D eigenvalue weighted by molar-refractivity contribution is 7.14. The van der Waals surface area contributed by atoms with Crippen molar-refractivity contribution in [3.8, 4) is 5.88 Å². The van der Waals surface area contributed by atoms with E-state index in [-0.39, 0.29) is 0 Å². The number of pyridine rings is 1. The van der Waals surface area contributed by atoms with E-state index in [1.54, 1.807) is 19.4 Å². The molecule has 0 aliphatic carbocycles. The van der Waals surface area contributed by atoms with Crippen LogP contribution in [0, 0.1) is 6.92 Å². The molecular formula is C14H16N2O3S. The molecule has 0 radical (unpaired) electrons. The van der Waals surface area contributed by atoms with Crippen molar-refractivity contribution in [3.05, 3.63) is 45.3 Å². The van der Waals surface area contributed by atoms with Gasteiger partial charge in [-0.25, -0.2) is 9.78 Å². The van der Waals surface area contributed by atoms with E-state index in [4.69, 9.17) is 9.84 Å². The average Bonchev–Trinajstić information content (AvgIpc) is 2.81. The molecule has 0 spiro atoms. The molecule has 6 heteroatoms. The molecule has 2 aromatic rings. The molecule has 0 aliphatic heterocycles. The van der Waals surface area contributed by atoms with Crippen molar-refractivity contribution in [3.63, 3.8) is 0 Å². The zero-order chi connectivity index (χ0) is 14.5. The van der Waals surface area contributed by atoms with Gasteiger partial charge < -0.3 is 15.2 Å². The predicted molar refractivity (Wildman–Crippen MR) is 77.3 cm³/mol. The normalized spacial score (nSPS) is 10.5. The molecule has 0 saturated heterocycles. The first kappa shape index (κ1) is 14.5. The van der Waals surface area contributed by atoms with Crippen LogP contribution in [0.25, 0.3) is 0 Å². The SMILES string of the molecule is COc1cc(CNCc2cc(C(=O)O)sc2C)ccn1. The Labute approximate surface area is 121 Å². The summed E-state index contributed by atoms with van der Waals surface area (Å²) in [7, 11) is 1.59. The molecule has 2 heterocycles. The highest BCUT2D eigenvalue weighted by Crippen LogP contribution is 2.21. The summed E-state index contributed by atoms with van der Waals surface area (Å²) in [6.07, 6.45) is 1.70. The second kappa shape index (κ2) is 6.49. The molecule has 2 N–H and O–H groups in total. The molecule has 5 nitrogen and oxygen atoms in total. The molecule has 2 rings (SSSR count). The third kappa shape index (κ3) is 3.55. The lowest BCUT2D eigenvalue weighted by molar-refractivity contribution is 0.0702. The van der Waals surface area contributed by atoms with Crippen molar-refractivity contribution < 1.29 is 14.6 Å². The van der Waals surface area contributed by atoms with Gasteiger partial charge in [0, 0.05) is 30.2 Å². The second-order valence-electron chi connectivity index (χ2n) is 4.31. The van der Waals surface area contributed by atoms with Crippen LogP contribution >= 0.6 is 11.3 Å². The van der Waals surface area contributed by atoms with Gasteiger partial charge in [-0.1, -0.05) is 0 Å². The molecule has 0 amide bonds. The van der Waals surface area contributed by atoms with Gasteiger partial charge in [0.2, 0.25) is 5.88 Å². The fourth-order valence-electron chi connectivity index (χ4n) is 1.81. The summed E-state index contributed by atoms with van der Waals surface area (Å²) in [6.45, 7) is 3.25. The molecule has 2 aromatic heterocycles. The monoisotopic (exact) mass is 292 g/mol. The molecule has 0 bridgehead atoms. The van der Waals surface area contributed by atoms with Crippen molar-refractivity contribution in [2.45, 2.75) is 20.0 Å². The third-order valence-electron chi connectivity index (χ3n) is 2.88. The maximum Gasteiger partial charge on any atom is 0.345 e. The van der Waals surface area contributed by atoms with Gasteiger partial charge in [-0.05, 0) is 30.2 Å². The van der Waals surface area contributed by atoms with E-state index in [9.17, 15) is 4.79 Å². The first-order valence-corrected chi connectivity index (χ1v) is 6.94. The Bertz CT molecular complexity index is 610. The minimum Gasteiger partial charge on any atom is -0.481 e. The van der Waals surface area contributed by atoms with Gasteiger partial charge in [0.1, 0.15) is 4.88 Å². The Balaban J connectivity index is 1.94. The number of aromatic carboxylic acids is 1. The van der Waals surface area contributed by atoms with Crippen LogP contribution in [0.4, 0.5) is 0 Å². The van der Waals surface area contributed by atoms with E-state index < -0.39 is 5.97 Å². The quantitative estimate of drug-likeness (QED) is 0.855. The van der Waals surface area contributed by atoms with E-state index in [0.29, 0.717) is 23.8 Å². The number of aryl methyl sites for hydroxylation is 1. The van der Waals surface area contributed by atoms with E-state index in [1.165, 1.54) is 11.3 Å². The summed E-state index contributed by atoms with van der Waals surface area (Å²) in [5, 5.41) is 12.2. The first-order valence-electron chi connectivity index (χ1n) is 6.12. The third-order valence-corrected chi connectivity index (χ3v) is 3.97. The summed E-state index contributed by atoms with van der Waals surface area (Å²) in [4.78, 5) is 16.4. The number of ether oxygens (including phenoxy) is 1. The number of hydrogen-bond acceptors (Lipinski definition) is 5. The molecule has 0 aliphatic rings. The van der Waals surface area contributed by atoms with Crippen molar-refractivity contribution in [2.24, 2.45) is 0 Å². The van der Waals surface area contributed by atoms with Crippen molar-refractivity contribution in [1.82, 2.24) is 10.3 Å². The van der Waals surface area contributed by atoms with E-state index in [2.05, 4.69) is 10.3 Å². The molecular weight excluding hydrogens is 276 g/mol. The number of aromatic nitrogens is 1. The Kier molecular flexibility index (Phi) is 4.70. The number of rotatable bonds is 6. The van der Waals surface area contributed by atoms with Crippen LogP contribution in [-0.4, -0.2) is 23.2 Å². The highest BCUT2D eigenvalue weighted by atomic mass is 32.1. The molecule has 0 fully saturated rings. The number of carboxylic acid groups (broad SMARTS) is 1. The van der Waals surface area contributed by atoms with Gasteiger partial charge in [-0.15, -0.1) is 11.3 Å².